The van der Waals surface area contributed by atoms with E-state index in [1.165, 1.54) is 5.56 Å². The predicted octanol–water partition coefficient (Wildman–Crippen LogP) is 5.85. The van der Waals surface area contributed by atoms with Gasteiger partial charge in [-0.05, 0) is 105 Å². The van der Waals surface area contributed by atoms with Gasteiger partial charge in [0.05, 0.1) is 36.9 Å². The number of sulfonamides is 1. The molecule has 1 saturated carbocycles. The molecule has 2 fully saturated rings. The third kappa shape index (κ3) is 8.56. The van der Waals surface area contributed by atoms with Crippen molar-refractivity contribution in [2.45, 2.75) is 70.3 Å². The maximum absolute atomic E-state index is 13.5. The zero-order valence-corrected chi connectivity index (χ0v) is 29.8. The fourth-order valence-corrected chi connectivity index (χ4v) is 8.76. The van der Waals surface area contributed by atoms with E-state index < -0.39 is 21.2 Å². The molecule has 262 valence electrons. The van der Waals surface area contributed by atoms with Crippen LogP contribution < -0.4 is 14.4 Å². The first kappa shape index (κ1) is 35.2. The highest BCUT2D eigenvalue weighted by atomic mass is 35.5. The molecular weight excluding hydrogens is 650 g/mol. The highest BCUT2D eigenvalue weighted by Gasteiger charge is 2.39. The Kier molecular flexibility index (Phi) is 11.7. The van der Waals surface area contributed by atoms with Crippen molar-refractivity contribution >= 4 is 33.2 Å². The van der Waals surface area contributed by atoms with E-state index in [1.807, 2.05) is 43.3 Å². The highest BCUT2D eigenvalue weighted by molar-refractivity contribution is 7.90. The number of amides is 1. The molecule has 1 unspecified atom stereocenters. The number of anilines is 1. The van der Waals surface area contributed by atoms with E-state index in [0.29, 0.717) is 36.4 Å². The van der Waals surface area contributed by atoms with Crippen LogP contribution in [0.2, 0.25) is 5.02 Å². The molecule has 3 aliphatic heterocycles. The summed E-state index contributed by atoms with van der Waals surface area (Å²) < 4.78 is 47.8. The van der Waals surface area contributed by atoms with Crippen molar-refractivity contribution < 1.29 is 27.4 Å². The van der Waals surface area contributed by atoms with Crippen LogP contribution in [0.25, 0.3) is 0 Å². The summed E-state index contributed by atoms with van der Waals surface area (Å²) in [7, 11) is -3.94. The van der Waals surface area contributed by atoms with E-state index in [0.717, 1.165) is 101 Å². The van der Waals surface area contributed by atoms with Crippen LogP contribution in [-0.2, 0) is 32.5 Å². The Bertz CT molecular complexity index is 1560. The minimum Gasteiger partial charge on any atom is -0.487 e. The number of allylic oxidation sites excluding steroid dienone is 1. The molecule has 0 spiro atoms. The number of carbonyl (C=O) groups excluding carboxylic acids is 1. The van der Waals surface area contributed by atoms with Gasteiger partial charge in [0.15, 0.2) is 0 Å². The van der Waals surface area contributed by atoms with Gasteiger partial charge in [-0.1, -0.05) is 36.7 Å². The Labute approximate surface area is 291 Å². The molecule has 2 aromatic carbocycles. The van der Waals surface area contributed by atoms with Crippen LogP contribution in [0.4, 0.5) is 5.69 Å². The van der Waals surface area contributed by atoms with Gasteiger partial charge in [0, 0.05) is 43.3 Å². The zero-order chi connectivity index (χ0) is 33.7. The number of aryl methyl sites for hydroxylation is 1. The van der Waals surface area contributed by atoms with Crippen LogP contribution >= 0.6 is 11.6 Å². The molecule has 2 aromatic rings. The minimum atomic E-state index is -3.94. The molecule has 1 amide bonds. The number of morpholine rings is 1. The minimum absolute atomic E-state index is 0.0398. The normalized spacial score (nSPS) is 29.2. The molecule has 6 rings (SSSR count). The molecule has 2 bridgehead atoms. The van der Waals surface area contributed by atoms with Crippen LogP contribution in [0.3, 0.4) is 0 Å². The summed E-state index contributed by atoms with van der Waals surface area (Å²) in [5.74, 6) is 0.560. The molecule has 4 aliphatic rings. The van der Waals surface area contributed by atoms with E-state index in [4.69, 9.17) is 25.8 Å². The number of fused-ring (bicyclic) bond motifs is 3. The fraction of sp³-hybridized carbons (Fsp3) is 0.595. The summed E-state index contributed by atoms with van der Waals surface area (Å²) in [5, 5.41) is -0.0759. The first-order chi connectivity index (χ1) is 23.2. The average Bonchev–Trinajstić information content (AvgIpc) is 3.09. The van der Waals surface area contributed by atoms with Crippen LogP contribution in [0.5, 0.6) is 5.75 Å². The molecule has 1 saturated heterocycles. The van der Waals surface area contributed by atoms with Crippen molar-refractivity contribution in [2.75, 3.05) is 57.4 Å². The quantitative estimate of drug-likeness (QED) is 0.398. The Morgan fingerprint density at radius 3 is 2.65 bits per heavy atom. The molecule has 1 aliphatic carbocycles. The van der Waals surface area contributed by atoms with Gasteiger partial charge in [0.25, 0.3) is 5.91 Å². The van der Waals surface area contributed by atoms with E-state index in [1.54, 1.807) is 13.0 Å². The number of benzene rings is 2. The lowest BCUT2D eigenvalue weighted by Gasteiger charge is -2.44. The van der Waals surface area contributed by atoms with Crippen LogP contribution in [0, 0.1) is 17.8 Å². The number of halogens is 1. The standard InChI is InChI=1S/C37H50ClN3O6S/c1-26-6-5-8-35(46-21-18-40-16-19-45-20-17-40)33-13-10-30(33)24-41-15-4-3-7-28-22-32(38)12-9-31(28)25-47-36-14-11-29(23-34(36)41)37(42)39-48(43,44)27(26)2/h5-6,9,11-12,14,22-23,26-27,30,33,35H,3-4,7-8,10,13,15-21,24-25H2,1-2H3,(H,39,42)/b6-5+/t26-,27+,30-,33+,35?/m0/s1. The smallest absolute Gasteiger partial charge is 0.264 e. The summed E-state index contributed by atoms with van der Waals surface area (Å²) >= 11 is 6.37. The second kappa shape index (κ2) is 15.9. The van der Waals surface area contributed by atoms with Crippen molar-refractivity contribution in [1.29, 1.82) is 0 Å². The van der Waals surface area contributed by atoms with Crippen molar-refractivity contribution in [3.63, 3.8) is 0 Å². The lowest BCUT2D eigenvalue weighted by molar-refractivity contribution is -0.0522. The van der Waals surface area contributed by atoms with Crippen LogP contribution in [-0.4, -0.2) is 83.1 Å². The second-order valence-corrected chi connectivity index (χ2v) is 16.3. The molecule has 9 nitrogen and oxygen atoms in total. The van der Waals surface area contributed by atoms with Crippen molar-refractivity contribution in [3.05, 3.63) is 70.3 Å². The van der Waals surface area contributed by atoms with Crippen LogP contribution in [0.15, 0.2) is 48.6 Å². The highest BCUT2D eigenvalue weighted by Crippen LogP contribution is 2.42. The monoisotopic (exact) mass is 699 g/mol. The fourth-order valence-electron chi connectivity index (χ4n) is 7.35. The van der Waals surface area contributed by atoms with Crippen molar-refractivity contribution in [1.82, 2.24) is 9.62 Å². The zero-order valence-electron chi connectivity index (χ0n) is 28.2. The van der Waals surface area contributed by atoms with Gasteiger partial charge in [-0.3, -0.25) is 9.69 Å². The first-order valence-electron chi connectivity index (χ1n) is 17.6. The molecule has 0 radical (unpaired) electrons. The van der Waals surface area contributed by atoms with Gasteiger partial charge in [0.1, 0.15) is 12.4 Å². The number of hydrogen-bond acceptors (Lipinski definition) is 8. The number of hydrogen-bond donors (Lipinski definition) is 1. The van der Waals surface area contributed by atoms with E-state index >= 15 is 0 Å². The Hall–Kier alpha value is -2.63. The van der Waals surface area contributed by atoms with Crippen molar-refractivity contribution in [3.8, 4) is 5.75 Å². The largest absolute Gasteiger partial charge is 0.487 e. The van der Waals surface area contributed by atoms with Gasteiger partial charge in [0.2, 0.25) is 10.0 Å². The first-order valence-corrected chi connectivity index (χ1v) is 19.5. The Morgan fingerprint density at radius 2 is 1.85 bits per heavy atom. The Morgan fingerprint density at radius 1 is 1.02 bits per heavy atom. The van der Waals surface area contributed by atoms with Gasteiger partial charge < -0.3 is 19.1 Å². The number of carbonyl (C=O) groups is 1. The Balaban J connectivity index is 1.31. The number of ether oxygens (including phenoxy) is 3. The third-order valence-corrected chi connectivity index (χ3v) is 12.9. The maximum atomic E-state index is 13.5. The van der Waals surface area contributed by atoms with Gasteiger partial charge in [-0.25, -0.2) is 13.1 Å². The number of nitrogens with one attached hydrogen (secondary N) is 1. The molecular formula is C37H50ClN3O6S. The third-order valence-electron chi connectivity index (χ3n) is 10.8. The lowest BCUT2D eigenvalue weighted by atomic mass is 9.69. The van der Waals surface area contributed by atoms with Crippen molar-refractivity contribution in [2.24, 2.45) is 17.8 Å². The molecule has 48 heavy (non-hydrogen) atoms. The predicted molar refractivity (Wildman–Crippen MR) is 189 cm³/mol. The second-order valence-electron chi connectivity index (χ2n) is 13.9. The number of nitrogens with zero attached hydrogens (tertiary/aromatic N) is 2. The summed E-state index contributed by atoms with van der Waals surface area (Å²) in [4.78, 5) is 18.2. The summed E-state index contributed by atoms with van der Waals surface area (Å²) in [5.41, 5.74) is 3.40. The van der Waals surface area contributed by atoms with Gasteiger partial charge in [-0.2, -0.15) is 0 Å². The van der Waals surface area contributed by atoms with E-state index in [-0.39, 0.29) is 12.0 Å². The number of rotatable bonds is 4. The summed E-state index contributed by atoms with van der Waals surface area (Å²) in [6.45, 7) is 10.4. The molecule has 0 aromatic heterocycles. The topological polar surface area (TPSA) is 97.4 Å². The van der Waals surface area contributed by atoms with E-state index in [9.17, 15) is 13.2 Å². The van der Waals surface area contributed by atoms with E-state index in [2.05, 4.69) is 20.6 Å². The lowest BCUT2D eigenvalue weighted by Crippen LogP contribution is -2.45. The van der Waals surface area contributed by atoms with Gasteiger partial charge >= 0.3 is 0 Å². The summed E-state index contributed by atoms with van der Waals surface area (Å²) in [6, 6.07) is 11.2. The molecule has 11 heteroatoms. The molecule has 5 atom stereocenters. The van der Waals surface area contributed by atoms with Crippen LogP contribution in [0.1, 0.15) is 67.4 Å². The SMILES string of the molecule is C[C@@H]1[C@@H](C)/C=C/CC(OCCN2CCOCC2)[C@@H]2CC[C@H]2CN2CCCCc3cc(Cl)ccc3COc3ccc(cc32)C(=O)NS1(=O)=O. The molecule has 3 heterocycles. The molecule has 1 N–H and O–H groups in total. The van der Waals surface area contributed by atoms with Gasteiger partial charge in [-0.15, -0.1) is 0 Å². The summed E-state index contributed by atoms with van der Waals surface area (Å²) in [6.07, 6.45) is 9.86. The maximum Gasteiger partial charge on any atom is 0.264 e. The average molecular weight is 700 g/mol.